The third-order valence-corrected chi connectivity index (χ3v) is 4.71. The molecule has 1 aromatic rings. The van der Waals surface area contributed by atoms with Crippen molar-refractivity contribution in [1.82, 2.24) is 15.3 Å². The predicted molar refractivity (Wildman–Crippen MR) is 101 cm³/mol. The van der Waals surface area contributed by atoms with Crippen molar-refractivity contribution in [3.63, 3.8) is 0 Å². The zero-order valence-electron chi connectivity index (χ0n) is 16.5. The molecule has 30 heavy (non-hydrogen) atoms. The van der Waals surface area contributed by atoms with Crippen LogP contribution in [0.15, 0.2) is 18.2 Å². The summed E-state index contributed by atoms with van der Waals surface area (Å²) in [6.45, 7) is 1.46. The van der Waals surface area contributed by atoms with Crippen LogP contribution in [0.1, 0.15) is 35.2 Å². The topological polar surface area (TPSA) is 133 Å². The molecule has 0 aliphatic carbocycles. The zero-order chi connectivity index (χ0) is 22.0. The van der Waals surface area contributed by atoms with Crippen LogP contribution < -0.4 is 10.2 Å². The van der Waals surface area contributed by atoms with Gasteiger partial charge in [-0.05, 0) is 24.6 Å². The molecule has 0 atom stereocenters. The van der Waals surface area contributed by atoms with Crippen LogP contribution in [0.4, 0.5) is 10.5 Å². The number of nitrogens with one attached hydrogen (secondary N) is 1. The van der Waals surface area contributed by atoms with Gasteiger partial charge >= 0.3 is 12.0 Å². The molecule has 3 rings (SSSR count). The maximum atomic E-state index is 12.7. The Kier molecular flexibility index (Phi) is 5.81. The van der Waals surface area contributed by atoms with Gasteiger partial charge in [-0.25, -0.2) is 9.59 Å². The van der Waals surface area contributed by atoms with Crippen LogP contribution in [0.3, 0.4) is 0 Å². The van der Waals surface area contributed by atoms with Crippen molar-refractivity contribution in [3.8, 4) is 0 Å². The minimum absolute atomic E-state index is 0.0251. The number of carbonyl (C=O) groups excluding carboxylic acids is 6. The number of likely N-dealkylation sites (N-methyl/N-ethyl adjacent to an activating group) is 1. The van der Waals surface area contributed by atoms with Gasteiger partial charge < -0.3 is 9.74 Å². The third kappa shape index (κ3) is 4.29. The summed E-state index contributed by atoms with van der Waals surface area (Å²) in [4.78, 5) is 78.5. The summed E-state index contributed by atoms with van der Waals surface area (Å²) < 4.78 is 0. The molecule has 2 saturated heterocycles. The zero-order valence-corrected chi connectivity index (χ0v) is 16.5. The molecule has 2 fully saturated rings. The third-order valence-electron chi connectivity index (χ3n) is 4.71. The Balaban J connectivity index is 1.69. The van der Waals surface area contributed by atoms with Crippen LogP contribution in [-0.4, -0.2) is 65.7 Å². The first kappa shape index (κ1) is 21.0. The average Bonchev–Trinajstić information content (AvgIpc) is 3.00. The number of hydrogen-bond acceptors (Lipinski definition) is 7. The van der Waals surface area contributed by atoms with E-state index in [9.17, 15) is 28.8 Å². The Morgan fingerprint density at radius 1 is 1.10 bits per heavy atom. The molecule has 1 N–H and O–H groups in total. The summed E-state index contributed by atoms with van der Waals surface area (Å²) in [7, 11) is 1.36. The highest BCUT2D eigenvalue weighted by molar-refractivity contribution is 6.07. The van der Waals surface area contributed by atoms with Gasteiger partial charge in [-0.2, -0.15) is 0 Å². The van der Waals surface area contributed by atoms with E-state index in [1.54, 1.807) is 19.1 Å². The molecule has 0 unspecified atom stereocenters. The van der Waals surface area contributed by atoms with E-state index in [0.717, 1.165) is 10.5 Å². The second kappa shape index (κ2) is 8.31. The van der Waals surface area contributed by atoms with E-state index < -0.39 is 36.3 Å². The van der Waals surface area contributed by atoms with E-state index in [2.05, 4.69) is 5.32 Å². The molecule has 6 amide bonds. The van der Waals surface area contributed by atoms with Gasteiger partial charge in [0.15, 0.2) is 0 Å². The summed E-state index contributed by atoms with van der Waals surface area (Å²) in [5, 5.41) is 2.64. The number of benzene rings is 1. The van der Waals surface area contributed by atoms with Gasteiger partial charge in [-0.3, -0.25) is 29.4 Å². The smallest absolute Gasteiger partial charge is 0.330 e. The lowest BCUT2D eigenvalue weighted by Gasteiger charge is -2.28. The first-order valence-electron chi connectivity index (χ1n) is 9.21. The summed E-state index contributed by atoms with van der Waals surface area (Å²) in [6, 6.07) is 4.13. The summed E-state index contributed by atoms with van der Waals surface area (Å²) in [6.07, 6.45) is 0.0917. The number of urea groups is 1. The van der Waals surface area contributed by atoms with Crippen molar-refractivity contribution in [2.45, 2.75) is 26.2 Å². The normalized spacial score (nSPS) is 16.6. The highest BCUT2D eigenvalue weighted by Crippen LogP contribution is 2.24. The van der Waals surface area contributed by atoms with Crippen molar-refractivity contribution in [2.24, 2.45) is 0 Å². The number of nitrogens with zero attached hydrogens (tertiary/aromatic N) is 3. The van der Waals surface area contributed by atoms with E-state index in [4.69, 9.17) is 4.84 Å². The highest BCUT2D eigenvalue weighted by atomic mass is 16.7. The molecular weight excluding hydrogens is 396 g/mol. The van der Waals surface area contributed by atoms with Crippen molar-refractivity contribution in [3.05, 3.63) is 29.3 Å². The number of carbonyl (C=O) groups is 6. The van der Waals surface area contributed by atoms with E-state index in [1.807, 2.05) is 0 Å². The second-order valence-electron chi connectivity index (χ2n) is 6.96. The van der Waals surface area contributed by atoms with Crippen molar-refractivity contribution < 1.29 is 33.6 Å². The molecule has 11 heteroatoms. The second-order valence-corrected chi connectivity index (χ2v) is 6.96. The Bertz CT molecular complexity index is 942. The largest absolute Gasteiger partial charge is 0.352 e. The first-order valence-corrected chi connectivity index (χ1v) is 9.21. The van der Waals surface area contributed by atoms with Gasteiger partial charge in [0.2, 0.25) is 5.91 Å². The van der Waals surface area contributed by atoms with Crippen molar-refractivity contribution >= 4 is 41.3 Å². The fourth-order valence-corrected chi connectivity index (χ4v) is 3.10. The average molecular weight is 416 g/mol. The maximum Gasteiger partial charge on any atom is 0.352 e. The summed E-state index contributed by atoms with van der Waals surface area (Å²) in [5.74, 6) is -3.04. The molecule has 11 nitrogen and oxygen atoms in total. The monoisotopic (exact) mass is 416 g/mol. The van der Waals surface area contributed by atoms with E-state index >= 15 is 0 Å². The Labute approximate surface area is 171 Å². The number of anilines is 1. The van der Waals surface area contributed by atoms with Crippen LogP contribution >= 0.6 is 0 Å². The Morgan fingerprint density at radius 2 is 1.77 bits per heavy atom. The van der Waals surface area contributed by atoms with Gasteiger partial charge in [0, 0.05) is 44.1 Å². The molecule has 2 aliphatic rings. The number of aryl methyl sites for hydroxylation is 1. The van der Waals surface area contributed by atoms with Gasteiger partial charge in [0.25, 0.3) is 17.7 Å². The number of hydrogen-bond donors (Lipinski definition) is 1. The number of hydroxylamine groups is 2. The van der Waals surface area contributed by atoms with Crippen molar-refractivity contribution in [1.29, 1.82) is 0 Å². The van der Waals surface area contributed by atoms with Crippen LogP contribution in [0.5, 0.6) is 0 Å². The molecule has 0 radical (unpaired) electrons. The van der Waals surface area contributed by atoms with E-state index in [0.29, 0.717) is 10.8 Å². The fourth-order valence-electron chi connectivity index (χ4n) is 3.10. The Hall–Kier alpha value is -3.76. The quantitative estimate of drug-likeness (QED) is 0.674. The van der Waals surface area contributed by atoms with Crippen molar-refractivity contribution in [2.75, 3.05) is 25.0 Å². The molecule has 1 aromatic carbocycles. The first-order chi connectivity index (χ1) is 14.2. The molecule has 2 aliphatic heterocycles. The van der Waals surface area contributed by atoms with E-state index in [-0.39, 0.29) is 37.3 Å². The predicted octanol–water partition coefficient (Wildman–Crippen LogP) is 0.121. The Morgan fingerprint density at radius 3 is 2.40 bits per heavy atom. The van der Waals surface area contributed by atoms with E-state index in [1.165, 1.54) is 18.0 Å². The lowest BCUT2D eigenvalue weighted by Crippen LogP contribution is -2.49. The maximum absolute atomic E-state index is 12.7. The van der Waals surface area contributed by atoms with Crippen LogP contribution in [0.25, 0.3) is 0 Å². The SMILES string of the molecule is Cc1ccc(C(=O)N(C)CC(=O)ON2C(=O)CCC2=O)cc1N1CCC(=O)NC1=O. The van der Waals surface area contributed by atoms with Gasteiger partial charge in [0.1, 0.15) is 6.54 Å². The number of imide groups is 2. The standard InChI is InChI=1S/C19H20N4O7/c1-11-3-4-12(9-13(11)22-8-7-14(24)20-19(22)29)18(28)21(2)10-17(27)30-23-15(25)5-6-16(23)26/h3-4,9H,5-8,10H2,1-2H3,(H,20,24,29). The van der Waals surface area contributed by atoms with Crippen LogP contribution in [0, 0.1) is 6.92 Å². The van der Waals surface area contributed by atoms with Crippen LogP contribution in [0.2, 0.25) is 0 Å². The number of rotatable bonds is 5. The van der Waals surface area contributed by atoms with Gasteiger partial charge in [-0.15, -0.1) is 5.06 Å². The lowest BCUT2D eigenvalue weighted by atomic mass is 10.1. The van der Waals surface area contributed by atoms with Crippen LogP contribution in [-0.2, 0) is 24.0 Å². The molecule has 0 bridgehead atoms. The minimum Gasteiger partial charge on any atom is -0.330 e. The van der Waals surface area contributed by atoms with Gasteiger partial charge in [-0.1, -0.05) is 6.07 Å². The molecular formula is C19H20N4O7. The van der Waals surface area contributed by atoms with Gasteiger partial charge in [0.05, 0.1) is 0 Å². The molecule has 0 aromatic heterocycles. The highest BCUT2D eigenvalue weighted by Gasteiger charge is 2.33. The lowest BCUT2D eigenvalue weighted by molar-refractivity contribution is -0.197. The minimum atomic E-state index is -0.935. The molecule has 158 valence electrons. The summed E-state index contributed by atoms with van der Waals surface area (Å²) in [5.41, 5.74) is 1.41. The number of amides is 6. The summed E-state index contributed by atoms with van der Waals surface area (Å²) >= 11 is 0. The fraction of sp³-hybridized carbons (Fsp3) is 0.368. The molecule has 2 heterocycles. The molecule has 0 spiro atoms. The molecule has 0 saturated carbocycles.